The summed E-state index contributed by atoms with van der Waals surface area (Å²) in [4.78, 5) is 16.7. The molecule has 0 saturated carbocycles. The fourth-order valence-electron chi connectivity index (χ4n) is 2.92. The maximum absolute atomic E-state index is 12.8. The van der Waals surface area contributed by atoms with Crippen molar-refractivity contribution >= 4 is 5.78 Å². The lowest BCUT2D eigenvalue weighted by Crippen LogP contribution is -2.06. The summed E-state index contributed by atoms with van der Waals surface area (Å²) in [5.41, 5.74) is 0.779. The minimum atomic E-state index is -4.39. The molecule has 0 spiro atoms. The van der Waals surface area contributed by atoms with Crippen LogP contribution >= 0.6 is 0 Å². The Bertz CT molecular complexity index is 1010. The normalized spacial score (nSPS) is 11.3. The molecule has 0 saturated heterocycles. The van der Waals surface area contributed by atoms with Crippen LogP contribution in [0.3, 0.4) is 0 Å². The summed E-state index contributed by atoms with van der Waals surface area (Å²) in [5, 5.41) is 0. The summed E-state index contributed by atoms with van der Waals surface area (Å²) in [6, 6.07) is 10.0. The Morgan fingerprint density at radius 3 is 2.52 bits per heavy atom. The second-order valence-electron chi connectivity index (χ2n) is 6.41. The number of benzene rings is 2. The standard InChI is InChI=1S/C21H19F3N2O3/c1-28-19-7-6-15(9-20(19)29-2)18(27)10-17-12-26(13-25-17)11-14-4-3-5-16(8-14)21(22,23)24/h3-9,12-13H,10-11H2,1-2H3. The van der Waals surface area contributed by atoms with E-state index in [0.717, 1.165) is 12.1 Å². The first-order valence-electron chi connectivity index (χ1n) is 8.72. The third-order valence-electron chi connectivity index (χ3n) is 4.35. The Morgan fingerprint density at radius 1 is 1.07 bits per heavy atom. The molecule has 0 fully saturated rings. The van der Waals surface area contributed by atoms with Crippen LogP contribution in [0.2, 0.25) is 0 Å². The van der Waals surface area contributed by atoms with Gasteiger partial charge in [-0.25, -0.2) is 4.98 Å². The molecule has 0 atom stereocenters. The average molecular weight is 404 g/mol. The van der Waals surface area contributed by atoms with E-state index in [1.54, 1.807) is 35.0 Å². The summed E-state index contributed by atoms with van der Waals surface area (Å²) < 4.78 is 50.5. The van der Waals surface area contributed by atoms with E-state index in [0.29, 0.717) is 28.3 Å². The van der Waals surface area contributed by atoms with Gasteiger partial charge in [0, 0.05) is 18.3 Å². The van der Waals surface area contributed by atoms with E-state index in [-0.39, 0.29) is 18.7 Å². The van der Waals surface area contributed by atoms with Gasteiger partial charge >= 0.3 is 6.18 Å². The number of ether oxygens (including phenoxy) is 2. The van der Waals surface area contributed by atoms with E-state index in [4.69, 9.17) is 9.47 Å². The molecular weight excluding hydrogens is 385 g/mol. The fourth-order valence-corrected chi connectivity index (χ4v) is 2.92. The minimum absolute atomic E-state index is 0.0606. The highest BCUT2D eigenvalue weighted by Crippen LogP contribution is 2.30. The molecule has 0 radical (unpaired) electrons. The van der Waals surface area contributed by atoms with Gasteiger partial charge in [-0.05, 0) is 35.9 Å². The van der Waals surface area contributed by atoms with Gasteiger partial charge in [0.1, 0.15) is 0 Å². The molecule has 0 aliphatic heterocycles. The van der Waals surface area contributed by atoms with E-state index < -0.39 is 11.7 Å². The quantitative estimate of drug-likeness (QED) is 0.548. The number of halogens is 3. The topological polar surface area (TPSA) is 53.4 Å². The summed E-state index contributed by atoms with van der Waals surface area (Å²) in [7, 11) is 3.00. The summed E-state index contributed by atoms with van der Waals surface area (Å²) in [6.45, 7) is 0.224. The minimum Gasteiger partial charge on any atom is -0.493 e. The number of nitrogens with zero attached hydrogens (tertiary/aromatic N) is 2. The van der Waals surface area contributed by atoms with Crippen LogP contribution in [0.15, 0.2) is 55.0 Å². The van der Waals surface area contributed by atoms with Gasteiger partial charge in [-0.2, -0.15) is 13.2 Å². The predicted molar refractivity (Wildman–Crippen MR) is 100 cm³/mol. The SMILES string of the molecule is COc1ccc(C(=O)Cc2cn(Cc3cccc(C(F)(F)F)c3)cn2)cc1OC. The summed E-state index contributed by atoms with van der Waals surface area (Å²) in [5.74, 6) is 0.818. The number of carbonyl (C=O) groups excluding carboxylic acids is 1. The Balaban J connectivity index is 1.70. The van der Waals surface area contributed by atoms with E-state index in [2.05, 4.69) is 4.98 Å². The number of methoxy groups -OCH3 is 2. The molecule has 29 heavy (non-hydrogen) atoms. The Kier molecular flexibility index (Phi) is 5.91. The Labute approximate surface area is 165 Å². The maximum Gasteiger partial charge on any atom is 0.416 e. The van der Waals surface area contributed by atoms with Crippen LogP contribution in [-0.2, 0) is 19.1 Å². The van der Waals surface area contributed by atoms with Crippen LogP contribution in [0, 0.1) is 0 Å². The number of imidazole rings is 1. The van der Waals surface area contributed by atoms with Crippen LogP contribution < -0.4 is 9.47 Å². The van der Waals surface area contributed by atoms with Crippen molar-refractivity contribution in [2.75, 3.05) is 14.2 Å². The predicted octanol–water partition coefficient (Wildman–Crippen LogP) is 4.39. The molecule has 2 aromatic carbocycles. The molecule has 0 bridgehead atoms. The van der Waals surface area contributed by atoms with E-state index in [1.807, 2.05) is 0 Å². The second kappa shape index (κ2) is 8.38. The molecule has 0 unspecified atom stereocenters. The van der Waals surface area contributed by atoms with Crippen molar-refractivity contribution in [3.63, 3.8) is 0 Å². The molecule has 8 heteroatoms. The van der Waals surface area contributed by atoms with Gasteiger partial charge in [0.2, 0.25) is 0 Å². The van der Waals surface area contributed by atoms with Crippen molar-refractivity contribution < 1.29 is 27.4 Å². The molecule has 0 aliphatic carbocycles. The molecule has 3 aromatic rings. The zero-order chi connectivity index (χ0) is 21.0. The number of aromatic nitrogens is 2. The average Bonchev–Trinajstić information content (AvgIpc) is 3.13. The maximum atomic E-state index is 12.8. The van der Waals surface area contributed by atoms with Gasteiger partial charge in [-0.15, -0.1) is 0 Å². The lowest BCUT2D eigenvalue weighted by molar-refractivity contribution is -0.137. The third-order valence-corrected chi connectivity index (χ3v) is 4.35. The number of hydrogen-bond acceptors (Lipinski definition) is 4. The number of rotatable bonds is 7. The first kappa shape index (κ1) is 20.4. The van der Waals surface area contributed by atoms with Crippen LogP contribution in [0.5, 0.6) is 11.5 Å². The van der Waals surface area contributed by atoms with Gasteiger partial charge < -0.3 is 14.0 Å². The van der Waals surface area contributed by atoms with Gasteiger partial charge in [0.15, 0.2) is 17.3 Å². The van der Waals surface area contributed by atoms with E-state index in [1.165, 1.54) is 26.6 Å². The molecule has 0 N–H and O–H groups in total. The largest absolute Gasteiger partial charge is 0.493 e. The van der Waals surface area contributed by atoms with Crippen LogP contribution in [-0.4, -0.2) is 29.6 Å². The van der Waals surface area contributed by atoms with Crippen molar-refractivity contribution in [2.24, 2.45) is 0 Å². The zero-order valence-electron chi connectivity index (χ0n) is 15.9. The smallest absolute Gasteiger partial charge is 0.416 e. The van der Waals surface area contributed by atoms with Crippen LogP contribution in [0.1, 0.15) is 27.2 Å². The number of hydrogen-bond donors (Lipinski definition) is 0. The lowest BCUT2D eigenvalue weighted by Gasteiger charge is -2.09. The monoisotopic (exact) mass is 404 g/mol. The second-order valence-corrected chi connectivity index (χ2v) is 6.41. The molecule has 1 aromatic heterocycles. The third kappa shape index (κ3) is 4.96. The Morgan fingerprint density at radius 2 is 1.83 bits per heavy atom. The number of carbonyl (C=O) groups is 1. The number of ketones is 1. The molecule has 3 rings (SSSR count). The van der Waals surface area contributed by atoms with Gasteiger partial charge in [0.05, 0.1) is 38.2 Å². The van der Waals surface area contributed by atoms with Crippen LogP contribution in [0.25, 0.3) is 0 Å². The van der Waals surface area contributed by atoms with Crippen molar-refractivity contribution in [2.45, 2.75) is 19.1 Å². The first-order valence-corrected chi connectivity index (χ1v) is 8.72. The van der Waals surface area contributed by atoms with Crippen molar-refractivity contribution in [3.05, 3.63) is 77.4 Å². The van der Waals surface area contributed by atoms with Gasteiger partial charge in [0.25, 0.3) is 0 Å². The van der Waals surface area contributed by atoms with Crippen molar-refractivity contribution in [3.8, 4) is 11.5 Å². The molecule has 0 amide bonds. The van der Waals surface area contributed by atoms with Crippen LogP contribution in [0.4, 0.5) is 13.2 Å². The van der Waals surface area contributed by atoms with Crippen molar-refractivity contribution in [1.82, 2.24) is 9.55 Å². The van der Waals surface area contributed by atoms with E-state index >= 15 is 0 Å². The zero-order valence-corrected chi connectivity index (χ0v) is 15.9. The van der Waals surface area contributed by atoms with Gasteiger partial charge in [-0.3, -0.25) is 4.79 Å². The van der Waals surface area contributed by atoms with Crippen molar-refractivity contribution in [1.29, 1.82) is 0 Å². The highest BCUT2D eigenvalue weighted by atomic mass is 19.4. The summed E-state index contributed by atoms with van der Waals surface area (Å²) in [6.07, 6.45) is -1.18. The fraction of sp³-hybridized carbons (Fsp3) is 0.238. The molecule has 1 heterocycles. The van der Waals surface area contributed by atoms with Gasteiger partial charge in [-0.1, -0.05) is 12.1 Å². The molecule has 152 valence electrons. The van der Waals surface area contributed by atoms with E-state index in [9.17, 15) is 18.0 Å². The number of Topliss-reactive ketones (excluding diaryl/α,β-unsaturated/α-hetero) is 1. The highest BCUT2D eigenvalue weighted by molar-refractivity contribution is 5.97. The lowest BCUT2D eigenvalue weighted by atomic mass is 10.1. The highest BCUT2D eigenvalue weighted by Gasteiger charge is 2.30. The molecular formula is C21H19F3N2O3. The molecule has 5 nitrogen and oxygen atoms in total. The first-order chi connectivity index (χ1) is 13.8. The number of alkyl halides is 3. The summed E-state index contributed by atoms with van der Waals surface area (Å²) >= 11 is 0. The molecule has 0 aliphatic rings. The Hall–Kier alpha value is -3.29.